The van der Waals surface area contributed by atoms with Crippen LogP contribution in [0.1, 0.15) is 19.8 Å². The number of hydrogen-bond acceptors (Lipinski definition) is 4. The summed E-state index contributed by atoms with van der Waals surface area (Å²) in [5.41, 5.74) is 0. The fraction of sp³-hybridized carbons (Fsp3) is 0.800. The van der Waals surface area contributed by atoms with Gasteiger partial charge in [0.25, 0.3) is 0 Å². The number of carbonyl (C=O) groups is 2. The van der Waals surface area contributed by atoms with Gasteiger partial charge < -0.3 is 20.8 Å². The van der Waals surface area contributed by atoms with Crippen LogP contribution < -0.4 is 10.6 Å². The SMILES string of the molecule is CC1NCCC1C(=O)NC(CCO)C(=O)O. The Morgan fingerprint density at radius 1 is 1.56 bits per heavy atom. The molecule has 1 fully saturated rings. The molecule has 1 aliphatic heterocycles. The molecule has 6 nitrogen and oxygen atoms in total. The maximum Gasteiger partial charge on any atom is 0.326 e. The van der Waals surface area contributed by atoms with Gasteiger partial charge in [-0.1, -0.05) is 0 Å². The van der Waals surface area contributed by atoms with Crippen LogP contribution in [0.3, 0.4) is 0 Å². The van der Waals surface area contributed by atoms with Crippen LogP contribution >= 0.6 is 0 Å². The Hall–Kier alpha value is -1.14. The summed E-state index contributed by atoms with van der Waals surface area (Å²) < 4.78 is 0. The Morgan fingerprint density at radius 2 is 2.25 bits per heavy atom. The lowest BCUT2D eigenvalue weighted by Crippen LogP contribution is -2.46. The van der Waals surface area contributed by atoms with Gasteiger partial charge in [0.15, 0.2) is 0 Å². The van der Waals surface area contributed by atoms with Gasteiger partial charge >= 0.3 is 5.97 Å². The molecule has 3 unspecified atom stereocenters. The molecule has 0 radical (unpaired) electrons. The molecule has 4 N–H and O–H groups in total. The van der Waals surface area contributed by atoms with Gasteiger partial charge in [0, 0.05) is 19.1 Å². The van der Waals surface area contributed by atoms with Crippen LogP contribution in [0.5, 0.6) is 0 Å². The molecule has 0 saturated carbocycles. The first-order valence-corrected chi connectivity index (χ1v) is 5.43. The van der Waals surface area contributed by atoms with Crippen LogP contribution in [0.2, 0.25) is 0 Å². The van der Waals surface area contributed by atoms with Crippen molar-refractivity contribution in [3.8, 4) is 0 Å². The van der Waals surface area contributed by atoms with E-state index in [9.17, 15) is 9.59 Å². The highest BCUT2D eigenvalue weighted by Gasteiger charge is 2.31. The predicted molar refractivity (Wildman–Crippen MR) is 56.8 cm³/mol. The highest BCUT2D eigenvalue weighted by atomic mass is 16.4. The minimum Gasteiger partial charge on any atom is -0.480 e. The fourth-order valence-electron chi connectivity index (χ4n) is 1.88. The van der Waals surface area contributed by atoms with Crippen molar-refractivity contribution in [3.63, 3.8) is 0 Å². The number of aliphatic carboxylic acids is 1. The molecule has 0 aliphatic carbocycles. The quantitative estimate of drug-likeness (QED) is 0.482. The molecule has 1 rings (SSSR count). The van der Waals surface area contributed by atoms with Crippen molar-refractivity contribution in [1.29, 1.82) is 0 Å². The molecule has 0 aromatic rings. The minimum atomic E-state index is -1.11. The number of hydrogen-bond donors (Lipinski definition) is 4. The Balaban J connectivity index is 2.50. The molecule has 3 atom stereocenters. The van der Waals surface area contributed by atoms with Crippen molar-refractivity contribution in [2.24, 2.45) is 5.92 Å². The van der Waals surface area contributed by atoms with E-state index in [1.165, 1.54) is 0 Å². The molecule has 6 heteroatoms. The first-order valence-electron chi connectivity index (χ1n) is 5.43. The fourth-order valence-corrected chi connectivity index (χ4v) is 1.88. The van der Waals surface area contributed by atoms with E-state index < -0.39 is 12.0 Å². The van der Waals surface area contributed by atoms with Crippen LogP contribution in [-0.4, -0.2) is 47.3 Å². The van der Waals surface area contributed by atoms with E-state index >= 15 is 0 Å². The third-order valence-corrected chi connectivity index (χ3v) is 2.89. The zero-order chi connectivity index (χ0) is 12.1. The summed E-state index contributed by atoms with van der Waals surface area (Å²) in [6, 6.07) is -0.922. The lowest BCUT2D eigenvalue weighted by molar-refractivity contribution is -0.143. The van der Waals surface area contributed by atoms with Gasteiger partial charge in [0.1, 0.15) is 6.04 Å². The van der Waals surface area contributed by atoms with Gasteiger partial charge in [0.2, 0.25) is 5.91 Å². The van der Waals surface area contributed by atoms with Crippen LogP contribution in [-0.2, 0) is 9.59 Å². The van der Waals surface area contributed by atoms with Gasteiger partial charge in [-0.3, -0.25) is 4.79 Å². The molecule has 1 heterocycles. The number of aliphatic hydroxyl groups is 1. The Labute approximate surface area is 94.0 Å². The molecule has 0 aromatic carbocycles. The normalized spacial score (nSPS) is 26.4. The summed E-state index contributed by atoms with van der Waals surface area (Å²) in [5.74, 6) is -1.54. The van der Waals surface area contributed by atoms with E-state index in [0.717, 1.165) is 13.0 Å². The molecule has 0 spiro atoms. The average molecular weight is 230 g/mol. The maximum absolute atomic E-state index is 11.7. The molecule has 1 aliphatic rings. The van der Waals surface area contributed by atoms with E-state index in [4.69, 9.17) is 10.2 Å². The van der Waals surface area contributed by atoms with E-state index in [-0.39, 0.29) is 30.9 Å². The molecule has 0 bridgehead atoms. The zero-order valence-electron chi connectivity index (χ0n) is 9.27. The number of carboxylic acids is 1. The van der Waals surface area contributed by atoms with E-state index in [2.05, 4.69) is 10.6 Å². The van der Waals surface area contributed by atoms with Gasteiger partial charge in [-0.05, 0) is 19.9 Å². The van der Waals surface area contributed by atoms with Gasteiger partial charge in [-0.15, -0.1) is 0 Å². The minimum absolute atomic E-state index is 0.0373. The highest BCUT2D eigenvalue weighted by molar-refractivity contribution is 5.85. The molecule has 16 heavy (non-hydrogen) atoms. The number of carboxylic acid groups (broad SMARTS) is 1. The third kappa shape index (κ3) is 3.18. The summed E-state index contributed by atoms with van der Waals surface area (Å²) in [5, 5.41) is 23.1. The summed E-state index contributed by atoms with van der Waals surface area (Å²) in [7, 11) is 0. The number of aliphatic hydroxyl groups excluding tert-OH is 1. The molecule has 1 amide bonds. The molecular weight excluding hydrogens is 212 g/mol. The van der Waals surface area contributed by atoms with Crippen molar-refractivity contribution in [2.45, 2.75) is 31.8 Å². The number of rotatable bonds is 5. The first-order chi connectivity index (χ1) is 7.56. The Kier molecular flexibility index (Phi) is 4.70. The van der Waals surface area contributed by atoms with Crippen molar-refractivity contribution in [1.82, 2.24) is 10.6 Å². The lowest BCUT2D eigenvalue weighted by atomic mass is 10.0. The van der Waals surface area contributed by atoms with Crippen molar-refractivity contribution < 1.29 is 19.8 Å². The smallest absolute Gasteiger partial charge is 0.326 e. The second-order valence-electron chi connectivity index (χ2n) is 4.05. The standard InChI is InChI=1S/C10H18N2O4/c1-6-7(2-4-11-6)9(14)12-8(3-5-13)10(15)16/h6-8,11,13H,2-5H2,1H3,(H,12,14)(H,15,16). The van der Waals surface area contributed by atoms with E-state index in [1.807, 2.05) is 6.92 Å². The average Bonchev–Trinajstić information content (AvgIpc) is 2.63. The largest absolute Gasteiger partial charge is 0.480 e. The highest BCUT2D eigenvalue weighted by Crippen LogP contribution is 2.15. The Bertz CT molecular complexity index is 270. The first kappa shape index (κ1) is 12.9. The van der Waals surface area contributed by atoms with Crippen molar-refractivity contribution in [3.05, 3.63) is 0 Å². The van der Waals surface area contributed by atoms with Crippen molar-refractivity contribution >= 4 is 11.9 Å². The molecule has 92 valence electrons. The second-order valence-corrected chi connectivity index (χ2v) is 4.05. The summed E-state index contributed by atoms with van der Waals surface area (Å²) in [6.45, 7) is 2.42. The van der Waals surface area contributed by atoms with E-state index in [1.54, 1.807) is 0 Å². The van der Waals surface area contributed by atoms with Crippen molar-refractivity contribution in [2.75, 3.05) is 13.2 Å². The second kappa shape index (κ2) is 5.81. The summed E-state index contributed by atoms with van der Waals surface area (Å²) >= 11 is 0. The molecular formula is C10H18N2O4. The predicted octanol–water partition coefficient (Wildman–Crippen LogP) is -1.06. The number of amides is 1. The third-order valence-electron chi connectivity index (χ3n) is 2.89. The zero-order valence-corrected chi connectivity index (χ0v) is 9.27. The summed E-state index contributed by atoms with van der Waals surface area (Å²) in [6.07, 6.45) is 0.758. The number of nitrogens with one attached hydrogen (secondary N) is 2. The molecule has 0 aromatic heterocycles. The van der Waals surface area contributed by atoms with Gasteiger partial charge in [-0.2, -0.15) is 0 Å². The van der Waals surface area contributed by atoms with E-state index in [0.29, 0.717) is 0 Å². The molecule has 1 saturated heterocycles. The van der Waals surface area contributed by atoms with Crippen LogP contribution in [0.4, 0.5) is 0 Å². The van der Waals surface area contributed by atoms with Crippen LogP contribution in [0.25, 0.3) is 0 Å². The Morgan fingerprint density at radius 3 is 2.69 bits per heavy atom. The lowest BCUT2D eigenvalue weighted by Gasteiger charge is -2.18. The van der Waals surface area contributed by atoms with Crippen LogP contribution in [0.15, 0.2) is 0 Å². The monoisotopic (exact) mass is 230 g/mol. The van der Waals surface area contributed by atoms with Gasteiger partial charge in [0.05, 0.1) is 5.92 Å². The number of carbonyl (C=O) groups excluding carboxylic acids is 1. The maximum atomic E-state index is 11.7. The van der Waals surface area contributed by atoms with Crippen LogP contribution in [0, 0.1) is 5.92 Å². The van der Waals surface area contributed by atoms with Gasteiger partial charge in [-0.25, -0.2) is 4.79 Å². The topological polar surface area (TPSA) is 98.7 Å². The summed E-state index contributed by atoms with van der Waals surface area (Å²) in [4.78, 5) is 22.5.